The zero-order valence-corrected chi connectivity index (χ0v) is 21.3. The molecule has 2 N–H and O–H groups in total. The van der Waals surface area contributed by atoms with E-state index in [4.69, 9.17) is 4.74 Å². The van der Waals surface area contributed by atoms with Crippen LogP contribution >= 0.6 is 11.3 Å². The van der Waals surface area contributed by atoms with Gasteiger partial charge in [-0.1, -0.05) is 30.3 Å². The average molecular weight is 492 g/mol. The van der Waals surface area contributed by atoms with Crippen LogP contribution in [0.5, 0.6) is 0 Å². The van der Waals surface area contributed by atoms with Crippen LogP contribution in [0.2, 0.25) is 0 Å². The molecule has 1 unspecified atom stereocenters. The zero-order chi connectivity index (χ0) is 24.7. The molecule has 0 saturated heterocycles. The van der Waals surface area contributed by atoms with Gasteiger partial charge in [0.15, 0.2) is 11.6 Å². The maximum atomic E-state index is 13.5. The molecule has 3 aromatic heterocycles. The number of nitrogens with zero attached hydrogens (tertiary/aromatic N) is 5. The number of likely N-dealkylation sites (N-methyl/N-ethyl adjacent to an activating group) is 1. The van der Waals surface area contributed by atoms with Crippen molar-refractivity contribution in [2.75, 3.05) is 26.0 Å². The minimum atomic E-state index is -0.613. The van der Waals surface area contributed by atoms with E-state index in [0.717, 1.165) is 27.0 Å². The summed E-state index contributed by atoms with van der Waals surface area (Å²) in [5.41, 5.74) is 3.06. The fourth-order valence-corrected chi connectivity index (χ4v) is 5.26. The second kappa shape index (κ2) is 8.94. The first-order valence-electron chi connectivity index (χ1n) is 11.5. The lowest BCUT2D eigenvalue weighted by molar-refractivity contribution is 0.0259. The van der Waals surface area contributed by atoms with E-state index in [2.05, 4.69) is 25.5 Å². The molecule has 1 amide bonds. The summed E-state index contributed by atoms with van der Waals surface area (Å²) in [5.74, 6) is 2.05. The molecule has 1 aromatic carbocycles. The lowest BCUT2D eigenvalue weighted by Gasteiger charge is -2.33. The fraction of sp³-hybridized carbons (Fsp3) is 0.360. The molecule has 4 heterocycles. The van der Waals surface area contributed by atoms with Crippen molar-refractivity contribution in [1.82, 2.24) is 30.0 Å². The molecule has 182 valence electrons. The molecule has 1 aliphatic heterocycles. The summed E-state index contributed by atoms with van der Waals surface area (Å²) in [6.45, 7) is 6.83. The highest BCUT2D eigenvalue weighted by atomic mass is 32.1. The van der Waals surface area contributed by atoms with Crippen molar-refractivity contribution >= 4 is 39.3 Å². The molecule has 9 nitrogen and oxygen atoms in total. The second-order valence-electron chi connectivity index (χ2n) is 9.50. The van der Waals surface area contributed by atoms with E-state index in [-0.39, 0.29) is 12.2 Å². The first-order chi connectivity index (χ1) is 16.7. The maximum Gasteiger partial charge on any atom is 0.411 e. The summed E-state index contributed by atoms with van der Waals surface area (Å²) in [7, 11) is 3.94. The molecule has 0 spiro atoms. The molecular weight excluding hydrogens is 462 g/mol. The van der Waals surface area contributed by atoms with Gasteiger partial charge in [0.05, 0.1) is 28.0 Å². The lowest BCUT2D eigenvalue weighted by Crippen LogP contribution is -2.42. The number of rotatable bonds is 6. The van der Waals surface area contributed by atoms with Crippen molar-refractivity contribution in [3.8, 4) is 0 Å². The van der Waals surface area contributed by atoms with Crippen molar-refractivity contribution in [2.45, 2.75) is 39.0 Å². The van der Waals surface area contributed by atoms with Crippen LogP contribution in [0.25, 0.3) is 10.2 Å². The van der Waals surface area contributed by atoms with E-state index in [0.29, 0.717) is 30.5 Å². The zero-order valence-electron chi connectivity index (χ0n) is 20.5. The molecule has 1 aliphatic rings. The largest absolute Gasteiger partial charge is 0.440 e. The molecule has 0 fully saturated rings. The summed E-state index contributed by atoms with van der Waals surface area (Å²) < 4.78 is 7.03. The Balaban J connectivity index is 1.40. The van der Waals surface area contributed by atoms with Gasteiger partial charge in [0.2, 0.25) is 0 Å². The van der Waals surface area contributed by atoms with Crippen LogP contribution in [-0.4, -0.2) is 56.7 Å². The molecule has 10 heteroatoms. The van der Waals surface area contributed by atoms with Crippen LogP contribution in [0.4, 0.5) is 16.4 Å². The Morgan fingerprint density at radius 2 is 2.00 bits per heavy atom. The van der Waals surface area contributed by atoms with Gasteiger partial charge in [-0.2, -0.15) is 5.10 Å². The van der Waals surface area contributed by atoms with Gasteiger partial charge in [0.25, 0.3) is 0 Å². The number of amides is 1. The van der Waals surface area contributed by atoms with Crippen LogP contribution in [0.15, 0.2) is 41.8 Å². The number of carbonyl (C=O) groups excluding carboxylic acids is 1. The van der Waals surface area contributed by atoms with Crippen molar-refractivity contribution < 1.29 is 9.53 Å². The van der Waals surface area contributed by atoms with Crippen molar-refractivity contribution in [2.24, 2.45) is 0 Å². The first-order valence-corrected chi connectivity index (χ1v) is 12.4. The smallest absolute Gasteiger partial charge is 0.411 e. The van der Waals surface area contributed by atoms with Crippen molar-refractivity contribution in [3.05, 3.63) is 64.4 Å². The van der Waals surface area contributed by atoms with E-state index >= 15 is 0 Å². The minimum absolute atomic E-state index is 0.361. The third kappa shape index (κ3) is 4.35. The normalized spacial score (nSPS) is 15.4. The minimum Gasteiger partial charge on any atom is -0.440 e. The van der Waals surface area contributed by atoms with Gasteiger partial charge in [-0.25, -0.2) is 14.8 Å². The highest BCUT2D eigenvalue weighted by molar-refractivity contribution is 7.17. The number of aromatic amines is 1. The number of carbonyl (C=O) groups is 1. The van der Waals surface area contributed by atoms with Gasteiger partial charge in [-0.3, -0.25) is 10.00 Å². The van der Waals surface area contributed by atoms with Crippen molar-refractivity contribution in [1.29, 1.82) is 0 Å². The number of aryl methyl sites for hydroxylation is 1. The van der Waals surface area contributed by atoms with Crippen molar-refractivity contribution in [3.63, 3.8) is 0 Å². The number of anilines is 2. The van der Waals surface area contributed by atoms with E-state index in [1.807, 2.05) is 81.5 Å². The Hall–Kier alpha value is -3.50. The first kappa shape index (κ1) is 23.3. The number of thiophene rings is 1. The quantitative estimate of drug-likeness (QED) is 0.393. The third-order valence-electron chi connectivity index (χ3n) is 6.29. The van der Waals surface area contributed by atoms with Gasteiger partial charge >= 0.3 is 6.09 Å². The molecule has 0 bridgehead atoms. The highest BCUT2D eigenvalue weighted by Crippen LogP contribution is 2.42. The molecule has 0 aliphatic carbocycles. The summed E-state index contributed by atoms with van der Waals surface area (Å²) in [4.78, 5) is 26.3. The number of fused-ring (bicyclic) bond motifs is 2. The molecule has 35 heavy (non-hydrogen) atoms. The van der Waals surface area contributed by atoms with Gasteiger partial charge in [-0.15, -0.1) is 11.3 Å². The Labute approximate surface area is 208 Å². The number of aromatic nitrogens is 4. The molecule has 0 radical (unpaired) electrons. The predicted molar refractivity (Wildman–Crippen MR) is 137 cm³/mol. The predicted octanol–water partition coefficient (Wildman–Crippen LogP) is 4.96. The van der Waals surface area contributed by atoms with Crippen LogP contribution in [-0.2, 0) is 16.8 Å². The van der Waals surface area contributed by atoms with Gasteiger partial charge in [0.1, 0.15) is 11.9 Å². The molecule has 0 saturated carbocycles. The lowest BCUT2D eigenvalue weighted by atomic mass is 10.0. The Morgan fingerprint density at radius 3 is 2.74 bits per heavy atom. The van der Waals surface area contributed by atoms with E-state index in [1.54, 1.807) is 16.2 Å². The number of nitrogens with one attached hydrogen (secondary N) is 2. The summed E-state index contributed by atoms with van der Waals surface area (Å²) in [5, 5.41) is 13.0. The van der Waals surface area contributed by atoms with Crippen LogP contribution in [0.3, 0.4) is 0 Å². The second-order valence-corrected chi connectivity index (χ2v) is 10.4. The van der Waals surface area contributed by atoms with E-state index < -0.39 is 5.54 Å². The Kier molecular flexibility index (Phi) is 5.94. The molecule has 5 rings (SSSR count). The Bertz CT molecular complexity index is 1360. The van der Waals surface area contributed by atoms with Gasteiger partial charge in [0, 0.05) is 12.1 Å². The SMILES string of the molecule is Cc1nc(Nc2n[nH]c3c2CN(C(=O)OC(CN(C)C)c2ccccc2)C3(C)C)c2sccc2n1. The van der Waals surface area contributed by atoms with Gasteiger partial charge in [-0.05, 0) is 51.9 Å². The summed E-state index contributed by atoms with van der Waals surface area (Å²) in [6.07, 6.45) is -0.736. The Morgan fingerprint density at radius 1 is 1.23 bits per heavy atom. The monoisotopic (exact) mass is 491 g/mol. The average Bonchev–Trinajstić information content (AvgIpc) is 3.50. The van der Waals surface area contributed by atoms with Gasteiger partial charge < -0.3 is 15.0 Å². The maximum absolute atomic E-state index is 13.5. The topological polar surface area (TPSA) is 99.3 Å². The number of hydrogen-bond acceptors (Lipinski definition) is 8. The highest BCUT2D eigenvalue weighted by Gasteiger charge is 2.45. The summed E-state index contributed by atoms with van der Waals surface area (Å²) in [6, 6.07) is 11.8. The molecule has 4 aromatic rings. The number of H-pyrrole nitrogens is 1. The third-order valence-corrected chi connectivity index (χ3v) is 7.20. The van der Waals surface area contributed by atoms with Crippen LogP contribution in [0.1, 0.15) is 42.6 Å². The van der Waals surface area contributed by atoms with Crippen LogP contribution in [0, 0.1) is 6.92 Å². The number of benzene rings is 1. The van der Waals surface area contributed by atoms with E-state index in [1.165, 1.54) is 0 Å². The standard InChI is InChI=1S/C25H29N7O2S/c1-15-26-18-11-12-35-20(18)23(27-15)28-22-17-13-32(25(2,3)21(17)29-30-22)24(33)34-19(14-31(4)5)16-9-7-6-8-10-16/h6-12,19H,13-14H2,1-5H3,(H2,26,27,28,29,30). The van der Waals surface area contributed by atoms with E-state index in [9.17, 15) is 4.79 Å². The molecular formula is C25H29N7O2S. The fourth-order valence-electron chi connectivity index (χ4n) is 4.48. The number of hydrogen-bond donors (Lipinski definition) is 2. The van der Waals surface area contributed by atoms with Crippen LogP contribution < -0.4 is 5.32 Å². The number of ether oxygens (including phenoxy) is 1. The summed E-state index contributed by atoms with van der Waals surface area (Å²) >= 11 is 1.58. The molecule has 1 atom stereocenters.